The largest absolute Gasteiger partial charge is 0.395 e. The number of anilines is 1. The number of aliphatic hydroxyl groups excluding tert-OH is 1. The maximum atomic E-state index is 9.54. The van der Waals surface area contributed by atoms with Gasteiger partial charge >= 0.3 is 0 Å². The molecule has 0 aliphatic carbocycles. The van der Waals surface area contributed by atoms with Crippen LogP contribution in [0.3, 0.4) is 0 Å². The van der Waals surface area contributed by atoms with E-state index in [0.717, 1.165) is 31.6 Å². The zero-order chi connectivity index (χ0) is 15.8. The number of para-hydroxylation sites is 1. The van der Waals surface area contributed by atoms with E-state index < -0.39 is 0 Å². The molecule has 0 saturated carbocycles. The second kappa shape index (κ2) is 6.38. The Kier molecular flexibility index (Phi) is 4.26. The van der Waals surface area contributed by atoms with Gasteiger partial charge < -0.3 is 10.0 Å². The maximum absolute atomic E-state index is 9.54. The van der Waals surface area contributed by atoms with Crippen LogP contribution < -0.4 is 4.90 Å². The molecule has 0 spiro atoms. The highest BCUT2D eigenvalue weighted by Crippen LogP contribution is 2.33. The fourth-order valence-electron chi connectivity index (χ4n) is 4.13. The van der Waals surface area contributed by atoms with Gasteiger partial charge in [-0.1, -0.05) is 23.5 Å². The molecule has 3 heterocycles. The molecule has 2 aliphatic rings. The molecule has 2 fully saturated rings. The van der Waals surface area contributed by atoms with Crippen molar-refractivity contribution >= 4 is 26.7 Å². The van der Waals surface area contributed by atoms with E-state index in [-0.39, 0.29) is 0 Å². The number of aromatic nitrogens is 1. The minimum atomic E-state index is 0.317. The molecule has 0 bridgehead atoms. The van der Waals surface area contributed by atoms with Crippen LogP contribution in [0.25, 0.3) is 10.2 Å². The number of aliphatic hydroxyl groups is 1. The minimum Gasteiger partial charge on any atom is -0.395 e. The summed E-state index contributed by atoms with van der Waals surface area (Å²) in [6.45, 7) is 5.78. The number of rotatable bonds is 3. The van der Waals surface area contributed by atoms with Crippen LogP contribution in [-0.4, -0.2) is 53.3 Å². The predicted molar refractivity (Wildman–Crippen MR) is 96.4 cm³/mol. The van der Waals surface area contributed by atoms with E-state index in [9.17, 15) is 5.11 Å². The molecule has 4 nitrogen and oxygen atoms in total. The standard InChI is InChI=1S/C18H25N3OS/c1-13-4-2-6-16-17(13)19-18(23-16)20-10-7-14(8-11-20)21-9-3-5-15(21)12-22/h2,4,6,14-15,22H,3,5,7-12H2,1H3. The van der Waals surface area contributed by atoms with E-state index in [1.54, 1.807) is 0 Å². The fourth-order valence-corrected chi connectivity index (χ4v) is 5.23. The van der Waals surface area contributed by atoms with Crippen LogP contribution in [0.4, 0.5) is 5.13 Å². The highest BCUT2D eigenvalue weighted by Gasteiger charge is 2.32. The lowest BCUT2D eigenvalue weighted by Crippen LogP contribution is -2.47. The Morgan fingerprint density at radius 1 is 1.22 bits per heavy atom. The molecule has 4 rings (SSSR count). The van der Waals surface area contributed by atoms with Crippen molar-refractivity contribution in [1.82, 2.24) is 9.88 Å². The number of aryl methyl sites for hydroxylation is 1. The third-order valence-electron chi connectivity index (χ3n) is 5.45. The van der Waals surface area contributed by atoms with Crippen molar-refractivity contribution in [2.75, 3.05) is 31.1 Å². The van der Waals surface area contributed by atoms with Gasteiger partial charge in [0.15, 0.2) is 5.13 Å². The van der Waals surface area contributed by atoms with E-state index >= 15 is 0 Å². The highest BCUT2D eigenvalue weighted by molar-refractivity contribution is 7.22. The molecule has 23 heavy (non-hydrogen) atoms. The lowest BCUT2D eigenvalue weighted by Gasteiger charge is -2.39. The first-order valence-electron chi connectivity index (χ1n) is 8.74. The topological polar surface area (TPSA) is 39.6 Å². The molecule has 1 aromatic heterocycles. The molecule has 1 unspecified atom stereocenters. The maximum Gasteiger partial charge on any atom is 0.186 e. The van der Waals surface area contributed by atoms with Crippen LogP contribution in [0, 0.1) is 6.92 Å². The SMILES string of the molecule is Cc1cccc2sc(N3CCC(N4CCCC4CO)CC3)nc12. The summed E-state index contributed by atoms with van der Waals surface area (Å²) >= 11 is 1.82. The van der Waals surface area contributed by atoms with Gasteiger partial charge in [-0.2, -0.15) is 0 Å². The molecule has 5 heteroatoms. The zero-order valence-corrected chi connectivity index (χ0v) is 14.6. The van der Waals surface area contributed by atoms with Gasteiger partial charge in [-0.15, -0.1) is 0 Å². The minimum absolute atomic E-state index is 0.317. The van der Waals surface area contributed by atoms with Crippen LogP contribution in [0.5, 0.6) is 0 Å². The van der Waals surface area contributed by atoms with Crippen molar-refractivity contribution in [2.24, 2.45) is 0 Å². The summed E-state index contributed by atoms with van der Waals surface area (Å²) in [4.78, 5) is 9.88. The average Bonchev–Trinajstić information content (AvgIpc) is 3.22. The smallest absolute Gasteiger partial charge is 0.186 e. The lowest BCUT2D eigenvalue weighted by molar-refractivity contribution is 0.105. The second-order valence-corrected chi connectivity index (χ2v) is 7.86. The Bertz CT molecular complexity index is 678. The summed E-state index contributed by atoms with van der Waals surface area (Å²) < 4.78 is 1.29. The fraction of sp³-hybridized carbons (Fsp3) is 0.611. The summed E-state index contributed by atoms with van der Waals surface area (Å²) in [6.07, 6.45) is 4.77. The number of piperidine rings is 1. The third-order valence-corrected chi connectivity index (χ3v) is 6.53. The molecule has 0 radical (unpaired) electrons. The number of likely N-dealkylation sites (tertiary alicyclic amines) is 1. The quantitative estimate of drug-likeness (QED) is 0.938. The molecule has 1 atom stereocenters. The van der Waals surface area contributed by atoms with Gasteiger partial charge in [0.1, 0.15) is 0 Å². The van der Waals surface area contributed by atoms with Crippen LogP contribution >= 0.6 is 11.3 Å². The van der Waals surface area contributed by atoms with E-state index in [1.165, 1.54) is 34.7 Å². The molecule has 0 amide bonds. The summed E-state index contributed by atoms with van der Waals surface area (Å²) in [5.74, 6) is 0. The Hall–Kier alpha value is -1.17. The van der Waals surface area contributed by atoms with Gasteiger partial charge in [0.05, 0.1) is 16.8 Å². The third kappa shape index (κ3) is 2.86. The summed E-state index contributed by atoms with van der Waals surface area (Å²) in [6, 6.07) is 7.47. The van der Waals surface area contributed by atoms with Crippen LogP contribution in [0.2, 0.25) is 0 Å². The Labute approximate surface area is 141 Å². The number of fused-ring (bicyclic) bond motifs is 1. The number of hydrogen-bond acceptors (Lipinski definition) is 5. The number of hydrogen-bond donors (Lipinski definition) is 1. The molecule has 2 saturated heterocycles. The molecule has 2 aliphatic heterocycles. The lowest BCUT2D eigenvalue weighted by atomic mass is 10.0. The Balaban J connectivity index is 1.45. The molecule has 1 N–H and O–H groups in total. The number of nitrogens with zero attached hydrogens (tertiary/aromatic N) is 3. The van der Waals surface area contributed by atoms with Crippen molar-refractivity contribution in [1.29, 1.82) is 0 Å². The van der Waals surface area contributed by atoms with Crippen LogP contribution in [0.1, 0.15) is 31.2 Å². The van der Waals surface area contributed by atoms with Gasteiger partial charge in [0.2, 0.25) is 0 Å². The molecular weight excluding hydrogens is 306 g/mol. The predicted octanol–water partition coefficient (Wildman–Crippen LogP) is 3.03. The first-order chi connectivity index (χ1) is 11.3. The Morgan fingerprint density at radius 3 is 2.78 bits per heavy atom. The van der Waals surface area contributed by atoms with Gasteiger partial charge in [-0.05, 0) is 50.8 Å². The second-order valence-electron chi connectivity index (χ2n) is 6.85. The highest BCUT2D eigenvalue weighted by atomic mass is 32.1. The molecule has 2 aromatic rings. The van der Waals surface area contributed by atoms with Gasteiger partial charge in [0.25, 0.3) is 0 Å². The number of thiazole rings is 1. The van der Waals surface area contributed by atoms with E-state index in [4.69, 9.17) is 4.98 Å². The molecule has 124 valence electrons. The van der Waals surface area contributed by atoms with Crippen LogP contribution in [0.15, 0.2) is 18.2 Å². The van der Waals surface area contributed by atoms with Gasteiger partial charge in [-0.3, -0.25) is 4.90 Å². The van der Waals surface area contributed by atoms with Crippen molar-refractivity contribution < 1.29 is 5.11 Å². The normalized spacial score (nSPS) is 23.9. The van der Waals surface area contributed by atoms with E-state index in [2.05, 4.69) is 34.9 Å². The van der Waals surface area contributed by atoms with Crippen molar-refractivity contribution in [3.05, 3.63) is 23.8 Å². The van der Waals surface area contributed by atoms with Gasteiger partial charge in [-0.25, -0.2) is 4.98 Å². The van der Waals surface area contributed by atoms with Crippen molar-refractivity contribution in [3.63, 3.8) is 0 Å². The van der Waals surface area contributed by atoms with Crippen molar-refractivity contribution in [3.8, 4) is 0 Å². The summed E-state index contributed by atoms with van der Waals surface area (Å²) in [5.41, 5.74) is 2.43. The monoisotopic (exact) mass is 331 g/mol. The van der Waals surface area contributed by atoms with Crippen molar-refractivity contribution in [2.45, 2.75) is 44.7 Å². The van der Waals surface area contributed by atoms with E-state index in [0.29, 0.717) is 18.7 Å². The van der Waals surface area contributed by atoms with E-state index in [1.807, 2.05) is 11.3 Å². The summed E-state index contributed by atoms with van der Waals surface area (Å²) in [5, 5.41) is 10.7. The molecular formula is C18H25N3OS. The molecule has 1 aromatic carbocycles. The Morgan fingerprint density at radius 2 is 2.04 bits per heavy atom. The zero-order valence-electron chi connectivity index (χ0n) is 13.7. The first-order valence-corrected chi connectivity index (χ1v) is 9.55. The summed E-state index contributed by atoms with van der Waals surface area (Å²) in [7, 11) is 0. The van der Waals surface area contributed by atoms with Crippen LogP contribution in [-0.2, 0) is 0 Å². The van der Waals surface area contributed by atoms with Gasteiger partial charge in [0, 0.05) is 25.2 Å². The first kappa shape index (κ1) is 15.4. The number of benzene rings is 1. The average molecular weight is 331 g/mol.